The zero-order chi connectivity index (χ0) is 13.9. The predicted molar refractivity (Wildman–Crippen MR) is 70.2 cm³/mol. The number of amides is 3. The summed E-state index contributed by atoms with van der Waals surface area (Å²) in [6.07, 6.45) is 5.59. The average molecular weight is 266 g/mol. The highest BCUT2D eigenvalue weighted by molar-refractivity contribution is 6.03. The Bertz CT molecular complexity index is 394. The molecule has 5 heteroatoms. The van der Waals surface area contributed by atoms with Gasteiger partial charge in [0, 0.05) is 25.9 Å². The molecular weight excluding hydrogens is 244 g/mol. The fraction of sp³-hybridized carbons (Fsp3) is 0.786. The van der Waals surface area contributed by atoms with E-state index >= 15 is 0 Å². The van der Waals surface area contributed by atoms with Crippen molar-refractivity contribution < 1.29 is 14.4 Å². The molecule has 0 saturated carbocycles. The highest BCUT2D eigenvalue weighted by Crippen LogP contribution is 2.38. The maximum Gasteiger partial charge on any atom is 0.235 e. The fourth-order valence-corrected chi connectivity index (χ4v) is 2.95. The minimum absolute atomic E-state index is 0.0565. The van der Waals surface area contributed by atoms with E-state index in [0.29, 0.717) is 19.4 Å². The van der Waals surface area contributed by atoms with Gasteiger partial charge in [-0.3, -0.25) is 19.7 Å². The number of unbranched alkanes of at least 4 members (excludes halogenated alkanes) is 3. The van der Waals surface area contributed by atoms with Crippen LogP contribution in [-0.4, -0.2) is 35.7 Å². The number of likely N-dealkylation sites (tertiary alicyclic amines) is 1. The summed E-state index contributed by atoms with van der Waals surface area (Å²) in [6, 6.07) is 0. The summed E-state index contributed by atoms with van der Waals surface area (Å²) >= 11 is 0. The lowest BCUT2D eigenvalue weighted by atomic mass is 9.79. The normalized spacial score (nSPS) is 27.2. The van der Waals surface area contributed by atoms with Crippen LogP contribution in [-0.2, 0) is 14.4 Å². The van der Waals surface area contributed by atoms with Gasteiger partial charge in [0.15, 0.2) is 0 Å². The first-order valence-electron chi connectivity index (χ1n) is 7.19. The van der Waals surface area contributed by atoms with E-state index in [9.17, 15) is 14.4 Å². The summed E-state index contributed by atoms with van der Waals surface area (Å²) in [4.78, 5) is 37.0. The molecule has 0 aromatic rings. The summed E-state index contributed by atoms with van der Waals surface area (Å²) in [5.74, 6) is -0.418. The third kappa shape index (κ3) is 2.96. The van der Waals surface area contributed by atoms with E-state index in [2.05, 4.69) is 12.2 Å². The second kappa shape index (κ2) is 5.72. The number of nitrogens with one attached hydrogen (secondary N) is 1. The van der Waals surface area contributed by atoms with Crippen molar-refractivity contribution in [2.45, 2.75) is 51.9 Å². The first-order chi connectivity index (χ1) is 9.07. The molecule has 2 saturated heterocycles. The molecular formula is C14H22N2O3. The van der Waals surface area contributed by atoms with Gasteiger partial charge in [-0.15, -0.1) is 0 Å². The topological polar surface area (TPSA) is 66.5 Å². The van der Waals surface area contributed by atoms with E-state index in [1.807, 2.05) is 0 Å². The van der Waals surface area contributed by atoms with Gasteiger partial charge in [-0.2, -0.15) is 0 Å². The van der Waals surface area contributed by atoms with E-state index in [-0.39, 0.29) is 24.1 Å². The van der Waals surface area contributed by atoms with Gasteiger partial charge < -0.3 is 4.90 Å². The van der Waals surface area contributed by atoms with Crippen LogP contribution in [0.15, 0.2) is 0 Å². The van der Waals surface area contributed by atoms with E-state index in [0.717, 1.165) is 19.4 Å². The van der Waals surface area contributed by atoms with Crippen molar-refractivity contribution in [1.82, 2.24) is 10.2 Å². The summed E-state index contributed by atoms with van der Waals surface area (Å²) < 4.78 is 0. The fourth-order valence-electron chi connectivity index (χ4n) is 2.95. The Morgan fingerprint density at radius 3 is 2.68 bits per heavy atom. The second-order valence-electron chi connectivity index (χ2n) is 5.71. The molecule has 1 unspecified atom stereocenters. The van der Waals surface area contributed by atoms with Crippen LogP contribution in [0.1, 0.15) is 51.9 Å². The van der Waals surface area contributed by atoms with Crippen molar-refractivity contribution in [1.29, 1.82) is 0 Å². The van der Waals surface area contributed by atoms with Crippen LogP contribution < -0.4 is 5.32 Å². The Morgan fingerprint density at radius 2 is 2.00 bits per heavy atom. The van der Waals surface area contributed by atoms with Crippen LogP contribution in [0.25, 0.3) is 0 Å². The monoisotopic (exact) mass is 266 g/mol. The van der Waals surface area contributed by atoms with Gasteiger partial charge in [-0.1, -0.05) is 26.2 Å². The Hall–Kier alpha value is -1.39. The highest BCUT2D eigenvalue weighted by atomic mass is 16.2. The van der Waals surface area contributed by atoms with Crippen molar-refractivity contribution >= 4 is 17.7 Å². The van der Waals surface area contributed by atoms with Crippen LogP contribution >= 0.6 is 0 Å². The Morgan fingerprint density at radius 1 is 1.21 bits per heavy atom. The maximum absolute atomic E-state index is 12.0. The standard InChI is InChI=1S/C14H22N2O3/c1-2-3-4-5-8-16-10-14(9-12(16)18)7-6-11(17)15-13(14)19/h2-10H2,1H3,(H,15,17,19). The predicted octanol–water partition coefficient (Wildman–Crippen LogP) is 1.22. The van der Waals surface area contributed by atoms with Crippen molar-refractivity contribution in [3.63, 3.8) is 0 Å². The minimum Gasteiger partial charge on any atom is -0.342 e. The molecule has 19 heavy (non-hydrogen) atoms. The molecule has 2 aliphatic heterocycles. The Balaban J connectivity index is 1.91. The van der Waals surface area contributed by atoms with Crippen LogP contribution in [0.4, 0.5) is 0 Å². The van der Waals surface area contributed by atoms with E-state index in [4.69, 9.17) is 0 Å². The average Bonchev–Trinajstić information content (AvgIpc) is 2.69. The molecule has 0 radical (unpaired) electrons. The Kier molecular flexibility index (Phi) is 4.22. The number of hydrogen-bond donors (Lipinski definition) is 1. The number of nitrogens with zero attached hydrogens (tertiary/aromatic N) is 1. The lowest BCUT2D eigenvalue weighted by molar-refractivity contribution is -0.142. The van der Waals surface area contributed by atoms with Crippen molar-refractivity contribution in [2.24, 2.45) is 5.41 Å². The first kappa shape index (κ1) is 14.0. The number of carbonyl (C=O) groups is 3. The molecule has 0 aromatic heterocycles. The summed E-state index contributed by atoms with van der Waals surface area (Å²) in [5.41, 5.74) is -0.643. The molecule has 1 atom stereocenters. The van der Waals surface area contributed by atoms with Crippen molar-refractivity contribution in [3.8, 4) is 0 Å². The Labute approximate surface area is 113 Å². The molecule has 3 amide bonds. The summed E-state index contributed by atoms with van der Waals surface area (Å²) in [5, 5.41) is 2.37. The molecule has 1 spiro atoms. The molecule has 0 aromatic carbocycles. The number of rotatable bonds is 5. The lowest BCUT2D eigenvalue weighted by Crippen LogP contribution is -2.50. The summed E-state index contributed by atoms with van der Waals surface area (Å²) in [6.45, 7) is 3.37. The number of hydrogen-bond acceptors (Lipinski definition) is 3. The third-order valence-corrected chi connectivity index (χ3v) is 4.18. The second-order valence-corrected chi connectivity index (χ2v) is 5.71. The van der Waals surface area contributed by atoms with Gasteiger partial charge in [-0.25, -0.2) is 0 Å². The van der Waals surface area contributed by atoms with Gasteiger partial charge in [0.05, 0.1) is 5.41 Å². The van der Waals surface area contributed by atoms with E-state index in [1.54, 1.807) is 4.90 Å². The molecule has 0 bridgehead atoms. The highest BCUT2D eigenvalue weighted by Gasteiger charge is 2.50. The van der Waals surface area contributed by atoms with Crippen molar-refractivity contribution in [2.75, 3.05) is 13.1 Å². The molecule has 5 nitrogen and oxygen atoms in total. The van der Waals surface area contributed by atoms with Gasteiger partial charge in [0.1, 0.15) is 0 Å². The largest absolute Gasteiger partial charge is 0.342 e. The molecule has 2 aliphatic rings. The quantitative estimate of drug-likeness (QED) is 0.601. The smallest absolute Gasteiger partial charge is 0.235 e. The first-order valence-corrected chi connectivity index (χ1v) is 7.19. The van der Waals surface area contributed by atoms with Gasteiger partial charge in [-0.05, 0) is 12.8 Å². The SMILES string of the molecule is CCCCCCN1CC2(CCC(=O)NC2=O)CC1=O. The van der Waals surface area contributed by atoms with Crippen molar-refractivity contribution in [3.05, 3.63) is 0 Å². The molecule has 0 aliphatic carbocycles. The summed E-state index contributed by atoms with van der Waals surface area (Å²) in [7, 11) is 0. The number of carbonyl (C=O) groups excluding carboxylic acids is 3. The number of imide groups is 1. The third-order valence-electron chi connectivity index (χ3n) is 4.18. The van der Waals surface area contributed by atoms with E-state index in [1.165, 1.54) is 12.8 Å². The van der Waals surface area contributed by atoms with Crippen LogP contribution in [0, 0.1) is 5.41 Å². The molecule has 106 valence electrons. The van der Waals surface area contributed by atoms with Gasteiger partial charge in [0.25, 0.3) is 0 Å². The van der Waals surface area contributed by atoms with E-state index < -0.39 is 5.41 Å². The molecule has 1 N–H and O–H groups in total. The number of piperidine rings is 1. The zero-order valence-electron chi connectivity index (χ0n) is 11.5. The van der Waals surface area contributed by atoms with Crippen LogP contribution in [0.3, 0.4) is 0 Å². The van der Waals surface area contributed by atoms with Crippen LogP contribution in [0.5, 0.6) is 0 Å². The minimum atomic E-state index is -0.643. The van der Waals surface area contributed by atoms with Crippen LogP contribution in [0.2, 0.25) is 0 Å². The molecule has 2 fully saturated rings. The van der Waals surface area contributed by atoms with Gasteiger partial charge >= 0.3 is 0 Å². The molecule has 2 rings (SSSR count). The molecule has 2 heterocycles. The lowest BCUT2D eigenvalue weighted by Gasteiger charge is -2.30. The van der Waals surface area contributed by atoms with Gasteiger partial charge in [0.2, 0.25) is 17.7 Å². The zero-order valence-corrected chi connectivity index (χ0v) is 11.5. The maximum atomic E-state index is 12.0.